The van der Waals surface area contributed by atoms with Crippen LogP contribution in [-0.4, -0.2) is 5.91 Å². The van der Waals surface area contributed by atoms with Gasteiger partial charge in [-0.3, -0.25) is 4.79 Å². The molecule has 0 aliphatic rings. The molecule has 0 saturated carbocycles. The molecule has 0 aliphatic heterocycles. The Morgan fingerprint density at radius 3 is 2.50 bits per heavy atom. The van der Waals surface area contributed by atoms with Crippen molar-refractivity contribution in [1.29, 1.82) is 0 Å². The highest BCUT2D eigenvalue weighted by atomic mass is 16.1. The first-order valence-corrected chi connectivity index (χ1v) is 4.48. The molecule has 1 aromatic carbocycles. The van der Waals surface area contributed by atoms with Crippen LogP contribution in [0.2, 0.25) is 0 Å². The molecule has 0 unspecified atom stereocenters. The molecule has 14 heavy (non-hydrogen) atoms. The Bertz CT molecular complexity index is 359. The minimum Gasteiger partial charge on any atom is -0.339 e. The lowest BCUT2D eigenvalue weighted by Crippen LogP contribution is -2.24. The van der Waals surface area contributed by atoms with Gasteiger partial charge in [0.25, 0.3) is 0 Å². The van der Waals surface area contributed by atoms with E-state index in [1.165, 1.54) is 6.92 Å². The number of hydrogen-bond acceptors (Lipinski definition) is 1. The summed E-state index contributed by atoms with van der Waals surface area (Å²) in [5, 5.41) is 2.78. The molecule has 0 radical (unpaired) electrons. The first-order valence-electron chi connectivity index (χ1n) is 4.48. The van der Waals surface area contributed by atoms with Gasteiger partial charge in [0.05, 0.1) is 0 Å². The van der Waals surface area contributed by atoms with E-state index in [2.05, 4.69) is 17.2 Å². The fraction of sp³-hybridized carbons (Fsp3) is 0.250. The maximum absolute atomic E-state index is 10.9. The molecule has 0 fully saturated rings. The lowest BCUT2D eigenvalue weighted by molar-refractivity contribution is -0.119. The number of carbonyl (C=O) groups is 1. The quantitative estimate of drug-likeness (QED) is 0.704. The van der Waals surface area contributed by atoms with Crippen molar-refractivity contribution in [3.63, 3.8) is 0 Å². The zero-order chi connectivity index (χ0) is 10.4. The van der Waals surface area contributed by atoms with Crippen LogP contribution >= 0.6 is 0 Å². The maximum Gasteiger partial charge on any atom is 0.218 e. The third-order valence-corrected chi connectivity index (χ3v) is 1.77. The average molecular weight is 187 g/mol. The second-order valence-corrected chi connectivity index (χ2v) is 2.94. The van der Waals surface area contributed by atoms with Crippen molar-refractivity contribution >= 4 is 5.91 Å². The van der Waals surface area contributed by atoms with Crippen LogP contribution in [0.4, 0.5) is 0 Å². The third kappa shape index (κ3) is 2.95. The molecule has 2 nitrogen and oxygen atoms in total. The van der Waals surface area contributed by atoms with Crippen LogP contribution in [0.15, 0.2) is 30.3 Å². The molecule has 0 heterocycles. The summed E-state index contributed by atoms with van der Waals surface area (Å²) in [4.78, 5) is 10.9. The van der Waals surface area contributed by atoms with Crippen LogP contribution in [0.5, 0.6) is 0 Å². The molecule has 1 atom stereocenters. The van der Waals surface area contributed by atoms with Crippen molar-refractivity contribution < 1.29 is 4.79 Å². The van der Waals surface area contributed by atoms with Crippen LogP contribution in [0.25, 0.3) is 0 Å². The monoisotopic (exact) mass is 187 g/mol. The summed E-state index contributed by atoms with van der Waals surface area (Å²) in [5.74, 6) is 5.69. The van der Waals surface area contributed by atoms with Gasteiger partial charge in [-0.25, -0.2) is 0 Å². The van der Waals surface area contributed by atoms with Gasteiger partial charge in [0.2, 0.25) is 5.91 Å². The number of rotatable bonds is 2. The number of amides is 1. The van der Waals surface area contributed by atoms with E-state index in [0.29, 0.717) is 0 Å². The van der Waals surface area contributed by atoms with Gasteiger partial charge >= 0.3 is 0 Å². The van der Waals surface area contributed by atoms with Gasteiger partial charge in [0.1, 0.15) is 6.04 Å². The topological polar surface area (TPSA) is 29.1 Å². The molecule has 1 amide bonds. The summed E-state index contributed by atoms with van der Waals surface area (Å²) >= 11 is 0. The van der Waals surface area contributed by atoms with E-state index in [1.54, 1.807) is 6.92 Å². The highest BCUT2D eigenvalue weighted by molar-refractivity contribution is 5.74. The lowest BCUT2D eigenvalue weighted by Gasteiger charge is -2.11. The van der Waals surface area contributed by atoms with Crippen molar-refractivity contribution in [2.24, 2.45) is 0 Å². The van der Waals surface area contributed by atoms with Crippen LogP contribution in [-0.2, 0) is 4.79 Å². The van der Waals surface area contributed by atoms with E-state index in [4.69, 9.17) is 0 Å². The van der Waals surface area contributed by atoms with E-state index in [9.17, 15) is 4.79 Å². The maximum atomic E-state index is 10.9. The molecule has 2 heteroatoms. The minimum atomic E-state index is -0.196. The fourth-order valence-corrected chi connectivity index (χ4v) is 1.20. The van der Waals surface area contributed by atoms with Gasteiger partial charge in [0.15, 0.2) is 0 Å². The highest BCUT2D eigenvalue weighted by Crippen LogP contribution is 2.10. The summed E-state index contributed by atoms with van der Waals surface area (Å²) < 4.78 is 0. The van der Waals surface area contributed by atoms with Crippen molar-refractivity contribution in [3.8, 4) is 11.8 Å². The Hall–Kier alpha value is -1.75. The van der Waals surface area contributed by atoms with E-state index < -0.39 is 0 Å². The normalized spacial score (nSPS) is 11.0. The van der Waals surface area contributed by atoms with Gasteiger partial charge in [-0.1, -0.05) is 36.3 Å². The molecule has 0 saturated heterocycles. The Morgan fingerprint density at radius 2 is 2.00 bits per heavy atom. The molecular formula is C12H13NO. The van der Waals surface area contributed by atoms with Gasteiger partial charge in [-0.05, 0) is 12.5 Å². The summed E-state index contributed by atoms with van der Waals surface area (Å²) in [7, 11) is 0. The van der Waals surface area contributed by atoms with E-state index >= 15 is 0 Å². The second kappa shape index (κ2) is 5.08. The van der Waals surface area contributed by atoms with Crippen LogP contribution in [0.3, 0.4) is 0 Å². The molecular weight excluding hydrogens is 174 g/mol. The third-order valence-electron chi connectivity index (χ3n) is 1.77. The van der Waals surface area contributed by atoms with Gasteiger partial charge in [0, 0.05) is 6.92 Å². The summed E-state index contributed by atoms with van der Waals surface area (Å²) in [6, 6.07) is 9.51. The van der Waals surface area contributed by atoms with Crippen molar-refractivity contribution in [1.82, 2.24) is 5.32 Å². The highest BCUT2D eigenvalue weighted by Gasteiger charge is 2.07. The summed E-state index contributed by atoms with van der Waals surface area (Å²) in [6.45, 7) is 3.25. The molecule has 0 aliphatic carbocycles. The predicted molar refractivity (Wildman–Crippen MR) is 56.4 cm³/mol. The minimum absolute atomic E-state index is 0.0680. The zero-order valence-corrected chi connectivity index (χ0v) is 8.37. The van der Waals surface area contributed by atoms with E-state index in [0.717, 1.165) is 5.56 Å². The molecule has 1 N–H and O–H groups in total. The Kier molecular flexibility index (Phi) is 3.75. The summed E-state index contributed by atoms with van der Waals surface area (Å²) in [6.07, 6.45) is 0. The van der Waals surface area contributed by atoms with Crippen LogP contribution < -0.4 is 5.32 Å². The van der Waals surface area contributed by atoms with Gasteiger partial charge in [-0.15, -0.1) is 5.92 Å². The smallest absolute Gasteiger partial charge is 0.218 e. The Morgan fingerprint density at radius 1 is 1.36 bits per heavy atom. The molecule has 0 spiro atoms. The summed E-state index contributed by atoms with van der Waals surface area (Å²) in [5.41, 5.74) is 1.01. The molecule has 72 valence electrons. The number of benzene rings is 1. The van der Waals surface area contributed by atoms with Crippen molar-refractivity contribution in [2.75, 3.05) is 0 Å². The number of carbonyl (C=O) groups excluding carboxylic acids is 1. The van der Waals surface area contributed by atoms with Crippen molar-refractivity contribution in [3.05, 3.63) is 35.9 Å². The van der Waals surface area contributed by atoms with Crippen LogP contribution in [0.1, 0.15) is 25.5 Å². The number of hydrogen-bond donors (Lipinski definition) is 1. The SMILES string of the molecule is CC#C[C@@H](NC(C)=O)c1ccccc1. The van der Waals surface area contributed by atoms with E-state index in [-0.39, 0.29) is 11.9 Å². The molecule has 0 bridgehead atoms. The number of nitrogens with one attached hydrogen (secondary N) is 1. The van der Waals surface area contributed by atoms with Crippen molar-refractivity contribution in [2.45, 2.75) is 19.9 Å². The molecule has 1 rings (SSSR count). The van der Waals surface area contributed by atoms with Crippen LogP contribution in [0, 0.1) is 11.8 Å². The second-order valence-electron chi connectivity index (χ2n) is 2.94. The molecule has 1 aromatic rings. The first-order chi connectivity index (χ1) is 6.74. The fourth-order valence-electron chi connectivity index (χ4n) is 1.20. The average Bonchev–Trinajstić information content (AvgIpc) is 2.18. The predicted octanol–water partition coefficient (Wildman–Crippen LogP) is 1.89. The largest absolute Gasteiger partial charge is 0.339 e. The zero-order valence-electron chi connectivity index (χ0n) is 8.37. The Balaban J connectivity index is 2.87. The van der Waals surface area contributed by atoms with Gasteiger partial charge < -0.3 is 5.32 Å². The lowest BCUT2D eigenvalue weighted by atomic mass is 10.1. The van der Waals surface area contributed by atoms with E-state index in [1.807, 2.05) is 30.3 Å². The standard InChI is InChI=1S/C12H13NO/c1-3-7-12(13-10(2)14)11-8-5-4-6-9-11/h4-6,8-9,12H,1-2H3,(H,13,14)/t12-/m1/s1. The Labute approximate surface area is 84.3 Å². The van der Waals surface area contributed by atoms with Gasteiger partial charge in [-0.2, -0.15) is 0 Å². The molecule has 0 aromatic heterocycles. The first kappa shape index (κ1) is 10.3.